The van der Waals surface area contributed by atoms with E-state index in [9.17, 15) is 0 Å². The number of aromatic nitrogens is 2. The number of anilines is 1. The van der Waals surface area contributed by atoms with Gasteiger partial charge < -0.3 is 10.1 Å². The van der Waals surface area contributed by atoms with Crippen molar-refractivity contribution in [2.45, 2.75) is 31.0 Å². The average molecular weight is 239 g/mol. The topological polar surface area (TPSA) is 47.0 Å². The molecule has 0 radical (unpaired) electrons. The number of thioether (sulfide) groups is 1. The molecule has 0 bridgehead atoms. The van der Waals surface area contributed by atoms with Gasteiger partial charge in [-0.3, -0.25) is 0 Å². The molecule has 2 rings (SSSR count). The minimum Gasteiger partial charge on any atom is -0.373 e. The highest BCUT2D eigenvalue weighted by Crippen LogP contribution is 2.33. The van der Waals surface area contributed by atoms with Crippen LogP contribution >= 0.6 is 11.8 Å². The maximum Gasteiger partial charge on any atom is 0.159 e. The van der Waals surface area contributed by atoms with Crippen LogP contribution in [0, 0.1) is 0 Å². The fourth-order valence-electron chi connectivity index (χ4n) is 1.88. The van der Waals surface area contributed by atoms with E-state index >= 15 is 0 Å². The molecule has 1 aliphatic heterocycles. The van der Waals surface area contributed by atoms with Crippen LogP contribution in [-0.4, -0.2) is 24.1 Å². The molecule has 1 unspecified atom stereocenters. The zero-order valence-corrected chi connectivity index (χ0v) is 10.7. The Morgan fingerprint density at radius 1 is 1.44 bits per heavy atom. The molecule has 0 saturated heterocycles. The van der Waals surface area contributed by atoms with Crippen molar-refractivity contribution in [3.63, 3.8) is 0 Å². The van der Waals surface area contributed by atoms with Crippen LogP contribution in [0.3, 0.4) is 0 Å². The Balaban J connectivity index is 2.41. The number of methoxy groups -OCH3 is 1. The Kier molecular flexibility index (Phi) is 3.66. The minimum absolute atomic E-state index is 0.00278. The SMILES string of the molecule is CCC(OC)c1nc2c(c(NC)n1)CSC2. The fourth-order valence-corrected chi connectivity index (χ4v) is 2.92. The van der Waals surface area contributed by atoms with Crippen molar-refractivity contribution < 1.29 is 4.74 Å². The molecule has 2 heterocycles. The van der Waals surface area contributed by atoms with Gasteiger partial charge in [-0.1, -0.05) is 6.92 Å². The van der Waals surface area contributed by atoms with Crippen molar-refractivity contribution in [2.24, 2.45) is 0 Å². The Labute approximate surface area is 100 Å². The van der Waals surface area contributed by atoms with Crippen LogP contribution < -0.4 is 5.32 Å². The van der Waals surface area contributed by atoms with Gasteiger partial charge >= 0.3 is 0 Å². The van der Waals surface area contributed by atoms with E-state index in [0.717, 1.165) is 35.3 Å². The third-order valence-electron chi connectivity index (χ3n) is 2.78. The number of fused-ring (bicyclic) bond motifs is 1. The van der Waals surface area contributed by atoms with Crippen molar-refractivity contribution in [1.82, 2.24) is 9.97 Å². The largest absolute Gasteiger partial charge is 0.373 e. The van der Waals surface area contributed by atoms with Crippen LogP contribution in [0.2, 0.25) is 0 Å². The second kappa shape index (κ2) is 5.01. The molecule has 1 N–H and O–H groups in total. The molecule has 1 aromatic heterocycles. The molecule has 1 aliphatic rings. The van der Waals surface area contributed by atoms with E-state index in [0.29, 0.717) is 0 Å². The molecule has 0 aromatic carbocycles. The lowest BCUT2D eigenvalue weighted by Gasteiger charge is -2.14. The summed E-state index contributed by atoms with van der Waals surface area (Å²) in [7, 11) is 3.61. The lowest BCUT2D eigenvalue weighted by Crippen LogP contribution is -2.10. The Hall–Kier alpha value is -0.810. The van der Waals surface area contributed by atoms with Gasteiger partial charge in [0.15, 0.2) is 5.82 Å². The number of ether oxygens (including phenoxy) is 1. The van der Waals surface area contributed by atoms with E-state index in [-0.39, 0.29) is 6.10 Å². The van der Waals surface area contributed by atoms with E-state index in [4.69, 9.17) is 4.74 Å². The van der Waals surface area contributed by atoms with Gasteiger partial charge in [0.2, 0.25) is 0 Å². The molecule has 0 spiro atoms. The second-order valence-corrected chi connectivity index (χ2v) is 4.72. The highest BCUT2D eigenvalue weighted by atomic mass is 32.2. The monoisotopic (exact) mass is 239 g/mol. The normalized spacial score (nSPS) is 15.9. The molecule has 0 fully saturated rings. The molecular weight excluding hydrogens is 222 g/mol. The average Bonchev–Trinajstić information content (AvgIpc) is 2.77. The first-order valence-corrected chi connectivity index (χ1v) is 6.63. The third-order valence-corrected chi connectivity index (χ3v) is 3.75. The summed E-state index contributed by atoms with van der Waals surface area (Å²) in [4.78, 5) is 9.15. The Bertz CT molecular complexity index is 380. The van der Waals surface area contributed by atoms with Crippen molar-refractivity contribution in [3.8, 4) is 0 Å². The van der Waals surface area contributed by atoms with Crippen LogP contribution in [0.5, 0.6) is 0 Å². The fraction of sp³-hybridized carbons (Fsp3) is 0.636. The summed E-state index contributed by atoms with van der Waals surface area (Å²) in [6, 6.07) is 0. The van der Waals surface area contributed by atoms with Crippen LogP contribution in [-0.2, 0) is 16.2 Å². The van der Waals surface area contributed by atoms with Gasteiger partial charge in [0.05, 0.1) is 5.69 Å². The summed E-state index contributed by atoms with van der Waals surface area (Å²) in [6.45, 7) is 2.08. The number of rotatable bonds is 4. The first kappa shape index (κ1) is 11.7. The standard InChI is InChI=1S/C11H17N3OS/c1-4-9(15-3)11-13-8-6-16-5-7(8)10(12-2)14-11/h9H,4-6H2,1-3H3,(H,12,13,14). The molecule has 5 heteroatoms. The van der Waals surface area contributed by atoms with Crippen LogP contribution in [0.1, 0.15) is 36.5 Å². The molecule has 0 aliphatic carbocycles. The van der Waals surface area contributed by atoms with Gasteiger partial charge in [-0.25, -0.2) is 9.97 Å². The van der Waals surface area contributed by atoms with Gasteiger partial charge in [0.25, 0.3) is 0 Å². The highest BCUT2D eigenvalue weighted by Gasteiger charge is 2.21. The maximum atomic E-state index is 5.39. The first-order chi connectivity index (χ1) is 7.80. The van der Waals surface area contributed by atoms with Gasteiger partial charge in [0, 0.05) is 31.2 Å². The summed E-state index contributed by atoms with van der Waals surface area (Å²) in [6.07, 6.45) is 0.897. The van der Waals surface area contributed by atoms with Crippen molar-refractivity contribution in [2.75, 3.05) is 19.5 Å². The van der Waals surface area contributed by atoms with E-state index in [2.05, 4.69) is 22.2 Å². The summed E-state index contributed by atoms with van der Waals surface area (Å²) in [5.41, 5.74) is 2.41. The molecule has 16 heavy (non-hydrogen) atoms. The van der Waals surface area contributed by atoms with E-state index in [1.54, 1.807) is 7.11 Å². The molecule has 0 saturated carbocycles. The van der Waals surface area contributed by atoms with Crippen LogP contribution in [0.25, 0.3) is 0 Å². The van der Waals surface area contributed by atoms with E-state index in [1.807, 2.05) is 18.8 Å². The summed E-state index contributed by atoms with van der Waals surface area (Å²) >= 11 is 1.88. The highest BCUT2D eigenvalue weighted by molar-refractivity contribution is 7.98. The summed E-state index contributed by atoms with van der Waals surface area (Å²) < 4.78 is 5.39. The number of hydrogen-bond acceptors (Lipinski definition) is 5. The minimum atomic E-state index is 0.00278. The van der Waals surface area contributed by atoms with E-state index in [1.165, 1.54) is 5.56 Å². The predicted octanol–water partition coefficient (Wildman–Crippen LogP) is 2.36. The third kappa shape index (κ3) is 2.01. The van der Waals surface area contributed by atoms with Crippen molar-refractivity contribution >= 4 is 17.6 Å². The van der Waals surface area contributed by atoms with Gasteiger partial charge in [-0.2, -0.15) is 11.8 Å². The van der Waals surface area contributed by atoms with Gasteiger partial charge in [-0.15, -0.1) is 0 Å². The lowest BCUT2D eigenvalue weighted by molar-refractivity contribution is 0.0925. The molecule has 4 nitrogen and oxygen atoms in total. The molecule has 88 valence electrons. The zero-order chi connectivity index (χ0) is 11.5. The Morgan fingerprint density at radius 3 is 2.88 bits per heavy atom. The molecule has 1 atom stereocenters. The quantitative estimate of drug-likeness (QED) is 0.874. The van der Waals surface area contributed by atoms with Crippen molar-refractivity contribution in [1.29, 1.82) is 0 Å². The first-order valence-electron chi connectivity index (χ1n) is 5.48. The second-order valence-electron chi connectivity index (χ2n) is 3.73. The van der Waals surface area contributed by atoms with Crippen LogP contribution in [0.4, 0.5) is 5.82 Å². The number of nitrogens with zero attached hydrogens (tertiary/aromatic N) is 2. The Morgan fingerprint density at radius 2 is 2.25 bits per heavy atom. The summed E-state index contributed by atoms with van der Waals surface area (Å²) in [5.74, 6) is 3.76. The smallest absolute Gasteiger partial charge is 0.159 e. The maximum absolute atomic E-state index is 5.39. The molecular formula is C11H17N3OS. The molecule has 1 aromatic rings. The molecule has 0 amide bonds. The zero-order valence-electron chi connectivity index (χ0n) is 9.91. The van der Waals surface area contributed by atoms with Gasteiger partial charge in [0.1, 0.15) is 11.9 Å². The van der Waals surface area contributed by atoms with E-state index < -0.39 is 0 Å². The number of hydrogen-bond donors (Lipinski definition) is 1. The van der Waals surface area contributed by atoms with Crippen LogP contribution in [0.15, 0.2) is 0 Å². The van der Waals surface area contributed by atoms with Crippen molar-refractivity contribution in [3.05, 3.63) is 17.1 Å². The van der Waals surface area contributed by atoms with Gasteiger partial charge in [-0.05, 0) is 6.42 Å². The number of nitrogens with one attached hydrogen (secondary N) is 1. The predicted molar refractivity (Wildman–Crippen MR) is 66.6 cm³/mol. The summed E-state index contributed by atoms with van der Waals surface area (Å²) in [5, 5.41) is 3.15. The lowest BCUT2D eigenvalue weighted by atomic mass is 10.2.